The molecule has 0 radical (unpaired) electrons. The fourth-order valence-electron chi connectivity index (χ4n) is 3.01. The topological polar surface area (TPSA) is 22.0 Å². The van der Waals surface area contributed by atoms with Gasteiger partial charge in [0, 0.05) is 18.3 Å². The standard InChI is InChI=1S/C15H23NOS/c1-13-7-6-8-14(17)16(13)11-15(12-18)9-4-2-3-5-10-15/h6-8,18H,2-5,9-12H2,1H3. The zero-order valence-electron chi connectivity index (χ0n) is 11.2. The summed E-state index contributed by atoms with van der Waals surface area (Å²) in [4.78, 5) is 12.0. The van der Waals surface area contributed by atoms with Gasteiger partial charge in [-0.3, -0.25) is 4.79 Å². The normalized spacial score (nSPS) is 19.4. The maximum Gasteiger partial charge on any atom is 0.250 e. The van der Waals surface area contributed by atoms with Crippen molar-refractivity contribution in [2.75, 3.05) is 5.75 Å². The summed E-state index contributed by atoms with van der Waals surface area (Å²) in [6, 6.07) is 5.52. The monoisotopic (exact) mass is 265 g/mol. The van der Waals surface area contributed by atoms with E-state index in [1.807, 2.05) is 23.6 Å². The van der Waals surface area contributed by atoms with E-state index in [0.29, 0.717) is 0 Å². The van der Waals surface area contributed by atoms with Gasteiger partial charge in [0.1, 0.15) is 0 Å². The molecule has 0 saturated heterocycles. The van der Waals surface area contributed by atoms with E-state index in [9.17, 15) is 4.79 Å². The summed E-state index contributed by atoms with van der Waals surface area (Å²) in [7, 11) is 0. The van der Waals surface area contributed by atoms with E-state index in [4.69, 9.17) is 0 Å². The van der Waals surface area contributed by atoms with Gasteiger partial charge in [0.25, 0.3) is 5.56 Å². The van der Waals surface area contributed by atoms with Crippen LogP contribution in [0.2, 0.25) is 0 Å². The van der Waals surface area contributed by atoms with Crippen LogP contribution >= 0.6 is 12.6 Å². The zero-order chi connectivity index (χ0) is 13.0. The Morgan fingerprint density at radius 3 is 2.44 bits per heavy atom. The van der Waals surface area contributed by atoms with Crippen molar-refractivity contribution in [3.63, 3.8) is 0 Å². The molecular formula is C15H23NOS. The molecule has 1 aliphatic carbocycles. The highest BCUT2D eigenvalue weighted by Crippen LogP contribution is 2.37. The number of pyridine rings is 1. The SMILES string of the molecule is Cc1cccc(=O)n1CC1(CS)CCCCCC1. The van der Waals surface area contributed by atoms with Crippen molar-refractivity contribution in [3.05, 3.63) is 34.2 Å². The van der Waals surface area contributed by atoms with Gasteiger partial charge in [-0.2, -0.15) is 12.6 Å². The van der Waals surface area contributed by atoms with Crippen molar-refractivity contribution in [2.24, 2.45) is 5.41 Å². The van der Waals surface area contributed by atoms with Crippen molar-refractivity contribution >= 4 is 12.6 Å². The van der Waals surface area contributed by atoms with Crippen molar-refractivity contribution in [3.8, 4) is 0 Å². The van der Waals surface area contributed by atoms with Crippen LogP contribution in [-0.4, -0.2) is 10.3 Å². The number of thiol groups is 1. The number of hydrogen-bond acceptors (Lipinski definition) is 2. The van der Waals surface area contributed by atoms with Crippen molar-refractivity contribution in [1.82, 2.24) is 4.57 Å². The molecule has 0 unspecified atom stereocenters. The Morgan fingerprint density at radius 1 is 1.22 bits per heavy atom. The van der Waals surface area contributed by atoms with Gasteiger partial charge in [0.2, 0.25) is 0 Å². The number of rotatable bonds is 3. The lowest BCUT2D eigenvalue weighted by Crippen LogP contribution is -2.34. The lowest BCUT2D eigenvalue weighted by Gasteiger charge is -2.32. The Hall–Kier alpha value is -0.700. The molecule has 0 atom stereocenters. The maximum atomic E-state index is 12.0. The molecule has 0 amide bonds. The molecule has 1 aromatic rings. The van der Waals surface area contributed by atoms with Gasteiger partial charge in [0.05, 0.1) is 0 Å². The van der Waals surface area contributed by atoms with Crippen LogP contribution in [0.3, 0.4) is 0 Å². The molecule has 0 N–H and O–H groups in total. The molecule has 18 heavy (non-hydrogen) atoms. The summed E-state index contributed by atoms with van der Waals surface area (Å²) in [5.74, 6) is 0.883. The second kappa shape index (κ2) is 5.96. The minimum atomic E-state index is 0.125. The van der Waals surface area contributed by atoms with E-state index in [2.05, 4.69) is 12.6 Å². The molecule has 0 spiro atoms. The second-order valence-electron chi connectivity index (χ2n) is 5.66. The molecule has 1 aromatic heterocycles. The summed E-state index contributed by atoms with van der Waals surface area (Å²) in [5.41, 5.74) is 1.41. The van der Waals surface area contributed by atoms with Gasteiger partial charge >= 0.3 is 0 Å². The minimum absolute atomic E-state index is 0.125. The zero-order valence-corrected chi connectivity index (χ0v) is 12.1. The molecule has 0 aliphatic heterocycles. The molecule has 1 aliphatic rings. The lowest BCUT2D eigenvalue weighted by atomic mass is 9.82. The second-order valence-corrected chi connectivity index (χ2v) is 5.98. The number of nitrogens with zero attached hydrogens (tertiary/aromatic N) is 1. The van der Waals surface area contributed by atoms with Crippen LogP contribution in [0.15, 0.2) is 23.0 Å². The average molecular weight is 265 g/mol. The molecule has 1 heterocycles. The first-order valence-corrected chi connectivity index (χ1v) is 7.57. The summed E-state index contributed by atoms with van der Waals surface area (Å²) >= 11 is 4.58. The summed E-state index contributed by atoms with van der Waals surface area (Å²) in [6.45, 7) is 2.85. The smallest absolute Gasteiger partial charge is 0.250 e. The molecule has 1 saturated carbocycles. The third kappa shape index (κ3) is 3.00. The van der Waals surface area contributed by atoms with Crippen LogP contribution in [0.5, 0.6) is 0 Å². The number of hydrogen-bond donors (Lipinski definition) is 1. The molecule has 1 fully saturated rings. The van der Waals surface area contributed by atoms with Crippen molar-refractivity contribution < 1.29 is 0 Å². The van der Waals surface area contributed by atoms with Gasteiger partial charge in [-0.1, -0.05) is 31.7 Å². The van der Waals surface area contributed by atoms with E-state index in [0.717, 1.165) is 18.0 Å². The maximum absolute atomic E-state index is 12.0. The predicted octanol–water partition coefficient (Wildman–Crippen LogP) is 3.43. The van der Waals surface area contributed by atoms with Crippen LogP contribution in [0.25, 0.3) is 0 Å². The van der Waals surface area contributed by atoms with Crippen molar-refractivity contribution in [2.45, 2.75) is 52.0 Å². The first-order chi connectivity index (χ1) is 8.67. The predicted molar refractivity (Wildman–Crippen MR) is 79.4 cm³/mol. The largest absolute Gasteiger partial charge is 0.312 e. The Bertz CT molecular complexity index is 444. The van der Waals surface area contributed by atoms with Gasteiger partial charge in [0.15, 0.2) is 0 Å². The van der Waals surface area contributed by atoms with Gasteiger partial charge < -0.3 is 4.57 Å². The summed E-state index contributed by atoms with van der Waals surface area (Å²) < 4.78 is 1.93. The van der Waals surface area contributed by atoms with Gasteiger partial charge in [-0.15, -0.1) is 0 Å². The van der Waals surface area contributed by atoms with E-state index in [1.165, 1.54) is 38.5 Å². The Morgan fingerprint density at radius 2 is 1.89 bits per heavy atom. The average Bonchev–Trinajstić information content (AvgIpc) is 2.60. The Kier molecular flexibility index (Phi) is 4.55. The van der Waals surface area contributed by atoms with Gasteiger partial charge in [-0.05, 0) is 37.0 Å². The van der Waals surface area contributed by atoms with Crippen LogP contribution in [-0.2, 0) is 6.54 Å². The molecule has 2 rings (SSSR count). The summed E-state index contributed by atoms with van der Waals surface area (Å²) in [6.07, 6.45) is 7.63. The van der Waals surface area contributed by atoms with Crippen LogP contribution < -0.4 is 5.56 Å². The fourth-order valence-corrected chi connectivity index (χ4v) is 3.42. The van der Waals surface area contributed by atoms with Crippen molar-refractivity contribution in [1.29, 1.82) is 0 Å². The van der Waals surface area contributed by atoms with Crippen LogP contribution in [0.1, 0.15) is 44.2 Å². The fraction of sp³-hybridized carbons (Fsp3) is 0.667. The number of aryl methyl sites for hydroxylation is 1. The molecule has 0 aromatic carbocycles. The third-order valence-corrected chi connectivity index (χ3v) is 4.93. The highest BCUT2D eigenvalue weighted by Gasteiger charge is 2.30. The summed E-state index contributed by atoms with van der Waals surface area (Å²) in [5, 5.41) is 0. The molecule has 100 valence electrons. The quantitative estimate of drug-likeness (QED) is 0.656. The molecule has 0 bridgehead atoms. The van der Waals surface area contributed by atoms with E-state index in [1.54, 1.807) is 6.07 Å². The van der Waals surface area contributed by atoms with Crippen LogP contribution in [0, 0.1) is 12.3 Å². The Balaban J connectivity index is 2.26. The first-order valence-electron chi connectivity index (χ1n) is 6.94. The first kappa shape index (κ1) is 13.7. The number of aromatic nitrogens is 1. The minimum Gasteiger partial charge on any atom is -0.312 e. The Labute approximate surface area is 115 Å². The third-order valence-electron chi connectivity index (χ3n) is 4.26. The van der Waals surface area contributed by atoms with E-state index >= 15 is 0 Å². The molecular weight excluding hydrogens is 242 g/mol. The highest BCUT2D eigenvalue weighted by atomic mass is 32.1. The molecule has 2 nitrogen and oxygen atoms in total. The van der Waals surface area contributed by atoms with E-state index < -0.39 is 0 Å². The lowest BCUT2D eigenvalue weighted by molar-refractivity contribution is 0.236. The van der Waals surface area contributed by atoms with Crippen LogP contribution in [0.4, 0.5) is 0 Å². The van der Waals surface area contributed by atoms with Gasteiger partial charge in [-0.25, -0.2) is 0 Å². The highest BCUT2D eigenvalue weighted by molar-refractivity contribution is 7.80. The molecule has 3 heteroatoms. The van der Waals surface area contributed by atoms with E-state index in [-0.39, 0.29) is 11.0 Å².